The summed E-state index contributed by atoms with van der Waals surface area (Å²) in [5.74, 6) is 0.0602. The maximum absolute atomic E-state index is 12.5. The van der Waals surface area contributed by atoms with E-state index in [4.69, 9.17) is 14.3 Å². The highest BCUT2D eigenvalue weighted by atomic mass is 35.5. The van der Waals surface area contributed by atoms with E-state index >= 15 is 0 Å². The third-order valence-corrected chi connectivity index (χ3v) is 4.76. The molecular weight excluding hydrogens is 396 g/mol. The van der Waals surface area contributed by atoms with Gasteiger partial charge in [-0.1, -0.05) is 31.6 Å². The van der Waals surface area contributed by atoms with Crippen LogP contribution in [-0.2, 0) is 25.5 Å². The summed E-state index contributed by atoms with van der Waals surface area (Å²) in [4.78, 5) is 42.7. The molecule has 0 aliphatic carbocycles. The van der Waals surface area contributed by atoms with Crippen LogP contribution in [0.15, 0.2) is 35.4 Å². The fraction of sp³-hybridized carbons (Fsp3) is 0.476. The van der Waals surface area contributed by atoms with E-state index in [0.717, 1.165) is 37.3 Å². The minimum Gasteiger partial charge on any atom is -0.466 e. The standard InChI is InChI=1S/C20H28N2O3.CO2.ClH/c1-14(2)15(3)18(20(24)25-4)13-16-5-7-17(8-6-16)19(23)22-11-9-21-10-12-22;2-1-3;/h5-8,14,21H,9-13H2,1-4H3;;1H/b18-15+;;. The summed E-state index contributed by atoms with van der Waals surface area (Å²) in [6, 6.07) is 7.54. The molecule has 0 atom stereocenters. The van der Waals surface area contributed by atoms with Gasteiger partial charge in [-0.15, -0.1) is 12.4 Å². The number of piperazine rings is 1. The van der Waals surface area contributed by atoms with Crippen molar-refractivity contribution in [3.05, 3.63) is 46.5 Å². The van der Waals surface area contributed by atoms with Gasteiger partial charge in [-0.3, -0.25) is 4.79 Å². The van der Waals surface area contributed by atoms with Gasteiger partial charge in [0, 0.05) is 43.7 Å². The van der Waals surface area contributed by atoms with Crippen LogP contribution in [-0.4, -0.2) is 56.2 Å². The molecule has 1 amide bonds. The van der Waals surface area contributed by atoms with Crippen LogP contribution in [0.25, 0.3) is 0 Å². The van der Waals surface area contributed by atoms with Gasteiger partial charge in [-0.05, 0) is 30.5 Å². The first kappa shape index (κ1) is 26.5. The predicted molar refractivity (Wildman–Crippen MR) is 111 cm³/mol. The number of ether oxygens (including phenoxy) is 1. The van der Waals surface area contributed by atoms with Crippen LogP contribution in [0.3, 0.4) is 0 Å². The summed E-state index contributed by atoms with van der Waals surface area (Å²) in [5, 5.41) is 3.24. The van der Waals surface area contributed by atoms with E-state index in [1.807, 2.05) is 36.1 Å². The van der Waals surface area contributed by atoms with Crippen LogP contribution in [0.4, 0.5) is 0 Å². The van der Waals surface area contributed by atoms with Crippen LogP contribution >= 0.6 is 12.4 Å². The second-order valence-electron chi connectivity index (χ2n) is 6.81. The molecule has 1 N–H and O–H groups in total. The molecule has 1 saturated heterocycles. The Morgan fingerprint density at radius 1 is 1.14 bits per heavy atom. The van der Waals surface area contributed by atoms with Crippen molar-refractivity contribution in [2.75, 3.05) is 33.3 Å². The van der Waals surface area contributed by atoms with Crippen molar-refractivity contribution in [1.82, 2.24) is 10.2 Å². The highest BCUT2D eigenvalue weighted by Gasteiger charge is 2.19. The quantitative estimate of drug-likeness (QED) is 0.575. The number of carbonyl (C=O) groups is 2. The number of rotatable bonds is 5. The van der Waals surface area contributed by atoms with Crippen LogP contribution in [0.2, 0.25) is 0 Å². The minimum atomic E-state index is -0.285. The highest BCUT2D eigenvalue weighted by Crippen LogP contribution is 2.20. The average molecular weight is 425 g/mol. The molecule has 2 rings (SSSR count). The highest BCUT2D eigenvalue weighted by molar-refractivity contribution is 5.94. The molecule has 0 aromatic heterocycles. The van der Waals surface area contributed by atoms with E-state index in [9.17, 15) is 9.59 Å². The number of amides is 1. The lowest BCUT2D eigenvalue weighted by molar-refractivity contribution is -0.191. The van der Waals surface area contributed by atoms with Gasteiger partial charge in [-0.25, -0.2) is 4.79 Å². The van der Waals surface area contributed by atoms with Crippen LogP contribution in [0.1, 0.15) is 36.7 Å². The molecule has 160 valence electrons. The monoisotopic (exact) mass is 424 g/mol. The van der Waals surface area contributed by atoms with E-state index < -0.39 is 0 Å². The number of esters is 1. The summed E-state index contributed by atoms with van der Waals surface area (Å²) >= 11 is 0. The Morgan fingerprint density at radius 3 is 2.10 bits per heavy atom. The largest absolute Gasteiger partial charge is 0.466 e. The first-order valence-electron chi connectivity index (χ1n) is 9.21. The first-order chi connectivity index (χ1) is 13.3. The van der Waals surface area contributed by atoms with Gasteiger partial charge in [-0.2, -0.15) is 9.59 Å². The molecule has 0 radical (unpaired) electrons. The molecule has 0 spiro atoms. The van der Waals surface area contributed by atoms with Crippen LogP contribution < -0.4 is 5.32 Å². The number of hydrogen-bond acceptors (Lipinski definition) is 6. The van der Waals surface area contributed by atoms with E-state index in [2.05, 4.69) is 19.2 Å². The zero-order valence-corrected chi connectivity index (χ0v) is 18.1. The molecule has 0 saturated carbocycles. The van der Waals surface area contributed by atoms with Gasteiger partial charge in [0.25, 0.3) is 5.91 Å². The zero-order valence-electron chi connectivity index (χ0n) is 17.3. The fourth-order valence-electron chi connectivity index (χ4n) is 2.86. The number of allylic oxidation sites excluding steroid dienone is 1. The van der Waals surface area contributed by atoms with Crippen LogP contribution in [0.5, 0.6) is 0 Å². The van der Waals surface area contributed by atoms with Gasteiger partial charge in [0.15, 0.2) is 0 Å². The SMILES string of the molecule is COC(=O)/C(Cc1ccc(C(=O)N2CCNCC2)cc1)=C(\C)C(C)C.Cl.O=C=O. The molecule has 29 heavy (non-hydrogen) atoms. The molecule has 1 fully saturated rings. The summed E-state index contributed by atoms with van der Waals surface area (Å²) in [6.07, 6.45) is 0.763. The summed E-state index contributed by atoms with van der Waals surface area (Å²) in [7, 11) is 1.41. The van der Waals surface area contributed by atoms with E-state index in [0.29, 0.717) is 17.6 Å². The number of nitrogens with one attached hydrogen (secondary N) is 1. The second-order valence-corrected chi connectivity index (χ2v) is 6.81. The number of methoxy groups -OCH3 is 1. The Hall–Kier alpha value is -2.47. The molecule has 8 heteroatoms. The zero-order chi connectivity index (χ0) is 21.1. The summed E-state index contributed by atoms with van der Waals surface area (Å²) in [6.45, 7) is 9.25. The Labute approximate surface area is 177 Å². The smallest absolute Gasteiger partial charge is 0.373 e. The molecule has 1 aliphatic heterocycles. The number of benzene rings is 1. The van der Waals surface area contributed by atoms with E-state index in [1.54, 1.807) is 0 Å². The van der Waals surface area contributed by atoms with Gasteiger partial charge in [0.05, 0.1) is 7.11 Å². The molecule has 1 aromatic rings. The fourth-order valence-corrected chi connectivity index (χ4v) is 2.86. The van der Waals surface area contributed by atoms with E-state index in [-0.39, 0.29) is 36.4 Å². The number of halogens is 1. The van der Waals surface area contributed by atoms with Gasteiger partial charge in [0.1, 0.15) is 0 Å². The third kappa shape index (κ3) is 8.20. The lowest BCUT2D eigenvalue weighted by Crippen LogP contribution is -2.46. The van der Waals surface area contributed by atoms with Gasteiger partial charge in [0.2, 0.25) is 0 Å². The molecule has 1 heterocycles. The Kier molecular flexibility index (Phi) is 12.5. The predicted octanol–water partition coefficient (Wildman–Crippen LogP) is 2.26. The van der Waals surface area contributed by atoms with Crippen molar-refractivity contribution >= 4 is 30.4 Å². The lowest BCUT2D eigenvalue weighted by Gasteiger charge is -2.27. The number of carbonyl (C=O) groups excluding carboxylic acids is 4. The molecule has 0 bridgehead atoms. The van der Waals surface area contributed by atoms with Crippen LogP contribution in [0, 0.1) is 5.92 Å². The van der Waals surface area contributed by atoms with Crippen molar-refractivity contribution < 1.29 is 23.9 Å². The van der Waals surface area contributed by atoms with Crippen molar-refractivity contribution in [3.63, 3.8) is 0 Å². The number of nitrogens with zero attached hydrogens (tertiary/aromatic N) is 1. The Balaban J connectivity index is 0.00000184. The topological polar surface area (TPSA) is 92.8 Å². The Bertz CT molecular complexity index is 732. The van der Waals surface area contributed by atoms with Crippen molar-refractivity contribution in [2.45, 2.75) is 27.2 Å². The maximum atomic E-state index is 12.5. The lowest BCUT2D eigenvalue weighted by atomic mass is 9.94. The van der Waals surface area contributed by atoms with Crippen molar-refractivity contribution in [1.29, 1.82) is 0 Å². The third-order valence-electron chi connectivity index (χ3n) is 4.76. The first-order valence-corrected chi connectivity index (χ1v) is 9.21. The maximum Gasteiger partial charge on any atom is 0.373 e. The summed E-state index contributed by atoms with van der Waals surface area (Å²) in [5.41, 5.74) is 3.42. The van der Waals surface area contributed by atoms with Gasteiger partial charge < -0.3 is 15.0 Å². The number of hydrogen-bond donors (Lipinski definition) is 1. The molecule has 1 aliphatic rings. The normalized spacial score (nSPS) is 13.9. The van der Waals surface area contributed by atoms with Crippen molar-refractivity contribution in [3.8, 4) is 0 Å². The van der Waals surface area contributed by atoms with Gasteiger partial charge >= 0.3 is 12.1 Å². The average Bonchev–Trinajstić information content (AvgIpc) is 2.72. The summed E-state index contributed by atoms with van der Waals surface area (Å²) < 4.78 is 4.93. The second kappa shape index (κ2) is 13.7. The Morgan fingerprint density at radius 2 is 1.66 bits per heavy atom. The molecular formula is C21H29ClN2O5. The minimum absolute atomic E-state index is 0. The molecule has 1 aromatic carbocycles. The molecule has 7 nitrogen and oxygen atoms in total. The molecule has 0 unspecified atom stereocenters. The van der Waals surface area contributed by atoms with Crippen molar-refractivity contribution in [2.24, 2.45) is 5.92 Å². The van der Waals surface area contributed by atoms with E-state index in [1.165, 1.54) is 7.11 Å².